The summed E-state index contributed by atoms with van der Waals surface area (Å²) in [6, 6.07) is 7.67. The van der Waals surface area contributed by atoms with Gasteiger partial charge in [-0.3, -0.25) is 4.79 Å². The van der Waals surface area contributed by atoms with Gasteiger partial charge in [0.15, 0.2) is 5.17 Å². The molecule has 0 atom stereocenters. The maximum absolute atomic E-state index is 12.1. The average molecular weight is 317 g/mol. The molecule has 0 aromatic heterocycles. The molecule has 1 aromatic rings. The van der Waals surface area contributed by atoms with Gasteiger partial charge in [-0.05, 0) is 42.6 Å². The Bertz CT molecular complexity index is 634. The predicted molar refractivity (Wildman–Crippen MR) is 90.1 cm³/mol. The summed E-state index contributed by atoms with van der Waals surface area (Å²) in [4.78, 5) is 21.5. The lowest BCUT2D eigenvalue weighted by Gasteiger charge is -2.32. The van der Waals surface area contributed by atoms with Crippen LogP contribution in [0.2, 0.25) is 0 Å². The molecular formula is C16H19N3O2S. The summed E-state index contributed by atoms with van der Waals surface area (Å²) >= 11 is 1.46. The van der Waals surface area contributed by atoms with Crippen molar-refractivity contribution in [2.24, 2.45) is 4.99 Å². The number of hydrogen-bond donors (Lipinski definition) is 0. The van der Waals surface area contributed by atoms with E-state index in [-0.39, 0.29) is 5.91 Å². The molecule has 0 radical (unpaired) electrons. The number of benzene rings is 1. The molecule has 22 heavy (non-hydrogen) atoms. The van der Waals surface area contributed by atoms with Gasteiger partial charge in [-0.1, -0.05) is 12.1 Å². The van der Waals surface area contributed by atoms with Crippen LogP contribution in [0, 0.1) is 0 Å². The van der Waals surface area contributed by atoms with E-state index in [1.165, 1.54) is 11.8 Å². The summed E-state index contributed by atoms with van der Waals surface area (Å²) in [6.07, 6.45) is 1.88. The van der Waals surface area contributed by atoms with Crippen LogP contribution in [0.15, 0.2) is 34.2 Å². The van der Waals surface area contributed by atoms with Crippen molar-refractivity contribution in [2.75, 3.05) is 40.3 Å². The third-order valence-electron chi connectivity index (χ3n) is 3.77. The van der Waals surface area contributed by atoms with Crippen LogP contribution in [0.25, 0.3) is 6.08 Å². The summed E-state index contributed by atoms with van der Waals surface area (Å²) < 4.78 is 5.21. The largest absolute Gasteiger partial charge is 0.497 e. The van der Waals surface area contributed by atoms with Crippen molar-refractivity contribution < 1.29 is 9.53 Å². The highest BCUT2D eigenvalue weighted by atomic mass is 32.2. The SMILES string of the molecule is COc1cccc(/C=C2\SC(N3CCN(C)CC3)=NC2=O)c1. The second kappa shape index (κ2) is 6.54. The van der Waals surface area contributed by atoms with E-state index < -0.39 is 0 Å². The van der Waals surface area contributed by atoms with E-state index in [9.17, 15) is 4.79 Å². The molecule has 1 aromatic carbocycles. The number of ether oxygens (including phenoxy) is 1. The number of thioether (sulfide) groups is 1. The van der Waals surface area contributed by atoms with Crippen LogP contribution in [0.4, 0.5) is 0 Å². The van der Waals surface area contributed by atoms with Crippen LogP contribution in [0.1, 0.15) is 5.56 Å². The van der Waals surface area contributed by atoms with Gasteiger partial charge < -0.3 is 14.5 Å². The maximum atomic E-state index is 12.1. The Morgan fingerprint density at radius 2 is 2.05 bits per heavy atom. The zero-order valence-corrected chi connectivity index (χ0v) is 13.6. The molecule has 5 nitrogen and oxygen atoms in total. The molecule has 0 spiro atoms. The van der Waals surface area contributed by atoms with Crippen molar-refractivity contribution in [3.8, 4) is 5.75 Å². The highest BCUT2D eigenvalue weighted by Gasteiger charge is 2.27. The normalized spacial score (nSPS) is 21.4. The summed E-state index contributed by atoms with van der Waals surface area (Å²) in [5.74, 6) is 0.631. The molecule has 0 aliphatic carbocycles. The van der Waals surface area contributed by atoms with E-state index in [4.69, 9.17) is 4.74 Å². The zero-order valence-electron chi connectivity index (χ0n) is 12.8. The Morgan fingerprint density at radius 3 is 2.77 bits per heavy atom. The molecule has 6 heteroatoms. The van der Waals surface area contributed by atoms with Gasteiger partial charge >= 0.3 is 0 Å². The maximum Gasteiger partial charge on any atom is 0.286 e. The van der Waals surface area contributed by atoms with E-state index in [1.807, 2.05) is 30.3 Å². The number of carbonyl (C=O) groups is 1. The van der Waals surface area contributed by atoms with Crippen molar-refractivity contribution in [3.05, 3.63) is 34.7 Å². The number of amidine groups is 1. The molecule has 2 aliphatic rings. The van der Waals surface area contributed by atoms with Crippen molar-refractivity contribution >= 4 is 28.9 Å². The molecule has 2 aliphatic heterocycles. The lowest BCUT2D eigenvalue weighted by Crippen LogP contribution is -2.46. The molecule has 116 valence electrons. The van der Waals surface area contributed by atoms with E-state index in [2.05, 4.69) is 21.8 Å². The second-order valence-electron chi connectivity index (χ2n) is 5.38. The van der Waals surface area contributed by atoms with Crippen molar-refractivity contribution in [1.29, 1.82) is 0 Å². The topological polar surface area (TPSA) is 45.1 Å². The van der Waals surface area contributed by atoms with Gasteiger partial charge in [0.05, 0.1) is 12.0 Å². The number of amides is 1. The molecule has 3 rings (SSSR count). The fraction of sp³-hybridized carbons (Fsp3) is 0.375. The van der Waals surface area contributed by atoms with Gasteiger partial charge in [-0.25, -0.2) is 0 Å². The van der Waals surface area contributed by atoms with Crippen molar-refractivity contribution in [3.63, 3.8) is 0 Å². The van der Waals surface area contributed by atoms with Gasteiger partial charge in [-0.2, -0.15) is 4.99 Å². The van der Waals surface area contributed by atoms with Gasteiger partial charge in [0.25, 0.3) is 5.91 Å². The molecular weight excluding hydrogens is 298 g/mol. The molecule has 1 fully saturated rings. The first-order valence-corrected chi connectivity index (χ1v) is 8.07. The fourth-order valence-corrected chi connectivity index (χ4v) is 3.38. The molecule has 2 heterocycles. The van der Waals surface area contributed by atoms with Gasteiger partial charge in [0.1, 0.15) is 5.75 Å². The first-order valence-electron chi connectivity index (χ1n) is 7.26. The van der Waals surface area contributed by atoms with Crippen LogP contribution in [0.5, 0.6) is 5.75 Å². The van der Waals surface area contributed by atoms with E-state index in [1.54, 1.807) is 7.11 Å². The van der Waals surface area contributed by atoms with Crippen molar-refractivity contribution in [1.82, 2.24) is 9.80 Å². The number of likely N-dealkylation sites (N-methyl/N-ethyl adjacent to an activating group) is 1. The Labute approximate surface area is 134 Å². The fourth-order valence-electron chi connectivity index (χ4n) is 2.41. The van der Waals surface area contributed by atoms with Gasteiger partial charge in [0, 0.05) is 26.2 Å². The van der Waals surface area contributed by atoms with Gasteiger partial charge in [-0.15, -0.1) is 0 Å². The Balaban J connectivity index is 1.72. The number of hydrogen-bond acceptors (Lipinski definition) is 5. The smallest absolute Gasteiger partial charge is 0.286 e. The third-order valence-corrected chi connectivity index (χ3v) is 4.82. The predicted octanol–water partition coefficient (Wildman–Crippen LogP) is 1.91. The van der Waals surface area contributed by atoms with Crippen LogP contribution in [0.3, 0.4) is 0 Å². The summed E-state index contributed by atoms with van der Waals surface area (Å²) in [6.45, 7) is 3.84. The molecule has 0 N–H and O–H groups in total. The van der Waals surface area contributed by atoms with E-state index in [0.29, 0.717) is 4.91 Å². The summed E-state index contributed by atoms with van der Waals surface area (Å²) in [7, 11) is 3.75. The Kier molecular flexibility index (Phi) is 4.49. The minimum Gasteiger partial charge on any atom is -0.497 e. The van der Waals surface area contributed by atoms with Crippen LogP contribution < -0.4 is 4.74 Å². The van der Waals surface area contributed by atoms with E-state index in [0.717, 1.165) is 42.7 Å². The van der Waals surface area contributed by atoms with E-state index >= 15 is 0 Å². The molecule has 1 amide bonds. The number of carbonyl (C=O) groups excluding carboxylic acids is 1. The first-order chi connectivity index (χ1) is 10.7. The minimum atomic E-state index is -0.151. The number of piperazine rings is 1. The third kappa shape index (κ3) is 3.34. The number of nitrogens with zero attached hydrogens (tertiary/aromatic N) is 3. The second-order valence-corrected chi connectivity index (χ2v) is 6.39. The molecule has 1 saturated heterocycles. The Hall–Kier alpha value is -1.79. The lowest BCUT2D eigenvalue weighted by atomic mass is 10.2. The summed E-state index contributed by atoms with van der Waals surface area (Å²) in [5.41, 5.74) is 0.949. The molecule has 0 unspecified atom stereocenters. The average Bonchev–Trinajstić information content (AvgIpc) is 2.89. The van der Waals surface area contributed by atoms with Crippen molar-refractivity contribution in [2.45, 2.75) is 0 Å². The van der Waals surface area contributed by atoms with Crippen LogP contribution >= 0.6 is 11.8 Å². The molecule has 0 bridgehead atoms. The summed E-state index contributed by atoms with van der Waals surface area (Å²) in [5, 5.41) is 0.826. The van der Waals surface area contributed by atoms with Crippen LogP contribution in [-0.4, -0.2) is 61.2 Å². The molecule has 0 saturated carbocycles. The number of methoxy groups -OCH3 is 1. The zero-order chi connectivity index (χ0) is 15.5. The quantitative estimate of drug-likeness (QED) is 0.780. The highest BCUT2D eigenvalue weighted by molar-refractivity contribution is 8.18. The number of rotatable bonds is 2. The van der Waals surface area contributed by atoms with Crippen LogP contribution in [-0.2, 0) is 4.79 Å². The standard InChI is InChI=1S/C16H19N3O2S/c1-18-6-8-19(9-7-18)16-17-15(20)14(22-16)11-12-4-3-5-13(10-12)21-2/h3-5,10-11H,6-9H2,1-2H3/b14-11-. The monoisotopic (exact) mass is 317 g/mol. The lowest BCUT2D eigenvalue weighted by molar-refractivity contribution is -0.113. The Morgan fingerprint density at radius 1 is 1.27 bits per heavy atom. The number of aliphatic imine (C=N–C) groups is 1. The minimum absolute atomic E-state index is 0.151. The van der Waals surface area contributed by atoms with Gasteiger partial charge in [0.2, 0.25) is 0 Å². The first kappa shape index (κ1) is 15.1. The highest BCUT2D eigenvalue weighted by Crippen LogP contribution is 2.31.